The summed E-state index contributed by atoms with van der Waals surface area (Å²) in [5.74, 6) is 3.14. The average molecular weight is 338 g/mol. The largest absolute Gasteiger partial charge is 0.461 e. The molecule has 2 N–H and O–H groups in total. The number of aromatic nitrogens is 2. The molecule has 0 unspecified atom stereocenters. The predicted octanol–water partition coefficient (Wildman–Crippen LogP) is 3.08. The minimum Gasteiger partial charge on any atom is -0.461 e. The van der Waals surface area contributed by atoms with Crippen LogP contribution in [0.15, 0.2) is 45.3 Å². The normalized spacial score (nSPS) is 15.3. The molecule has 1 aliphatic heterocycles. The van der Waals surface area contributed by atoms with Gasteiger partial charge in [0.2, 0.25) is 5.89 Å². The second-order valence-electron chi connectivity index (χ2n) is 7.12. The Morgan fingerprint density at radius 1 is 1.24 bits per heavy atom. The Labute approximate surface area is 146 Å². The summed E-state index contributed by atoms with van der Waals surface area (Å²) in [4.78, 5) is 6.70. The number of furan rings is 1. The molecule has 0 bridgehead atoms. The predicted molar refractivity (Wildman–Crippen MR) is 93.5 cm³/mol. The Morgan fingerprint density at radius 2 is 2.04 bits per heavy atom. The molecule has 6 nitrogen and oxygen atoms in total. The molecule has 0 spiro atoms. The monoisotopic (exact) mass is 338 g/mol. The minimum absolute atomic E-state index is 0.537. The summed E-state index contributed by atoms with van der Waals surface area (Å²) in [7, 11) is 0. The van der Waals surface area contributed by atoms with Gasteiger partial charge in [-0.15, -0.1) is 0 Å². The van der Waals surface area contributed by atoms with Gasteiger partial charge in [-0.05, 0) is 19.9 Å². The van der Waals surface area contributed by atoms with E-state index in [-0.39, 0.29) is 0 Å². The molecule has 0 amide bonds. The third-order valence-corrected chi connectivity index (χ3v) is 4.41. The Bertz CT molecular complexity index is 861. The number of hydrogen-bond donors (Lipinski definition) is 1. The maximum absolute atomic E-state index is 6.04. The van der Waals surface area contributed by atoms with Crippen LogP contribution >= 0.6 is 0 Å². The van der Waals surface area contributed by atoms with Gasteiger partial charge in [-0.1, -0.05) is 35.5 Å². The van der Waals surface area contributed by atoms with Crippen molar-refractivity contribution >= 4 is 0 Å². The average Bonchev–Trinajstić information content (AvgIpc) is 3.22. The molecule has 2 aromatic heterocycles. The van der Waals surface area contributed by atoms with Gasteiger partial charge in [0.25, 0.3) is 0 Å². The van der Waals surface area contributed by atoms with Crippen LogP contribution in [0, 0.1) is 0 Å². The van der Waals surface area contributed by atoms with Crippen molar-refractivity contribution in [3.05, 3.63) is 59.4 Å². The summed E-state index contributed by atoms with van der Waals surface area (Å²) in [6, 6.07) is 12.3. The van der Waals surface area contributed by atoms with E-state index in [1.165, 1.54) is 5.56 Å². The fraction of sp³-hybridized carbons (Fsp3) is 0.368. The summed E-state index contributed by atoms with van der Waals surface area (Å²) in [5.41, 5.74) is 7.75. The van der Waals surface area contributed by atoms with Crippen molar-refractivity contribution in [2.45, 2.75) is 38.9 Å². The summed E-state index contributed by atoms with van der Waals surface area (Å²) >= 11 is 0. The first-order chi connectivity index (χ1) is 12.0. The molecule has 0 atom stereocenters. The van der Waals surface area contributed by atoms with Gasteiger partial charge in [-0.25, -0.2) is 0 Å². The van der Waals surface area contributed by atoms with Gasteiger partial charge < -0.3 is 14.7 Å². The molecule has 0 radical (unpaired) electrons. The first kappa shape index (κ1) is 16.1. The number of benzene rings is 1. The lowest BCUT2D eigenvalue weighted by molar-refractivity contribution is 0.202. The summed E-state index contributed by atoms with van der Waals surface area (Å²) in [6.07, 6.45) is 0.880. The second kappa shape index (κ2) is 6.13. The van der Waals surface area contributed by atoms with E-state index in [0.717, 1.165) is 36.6 Å². The van der Waals surface area contributed by atoms with Gasteiger partial charge in [-0.2, -0.15) is 4.98 Å². The Morgan fingerprint density at radius 3 is 2.76 bits per heavy atom. The van der Waals surface area contributed by atoms with Gasteiger partial charge in [-0.3, -0.25) is 4.90 Å². The first-order valence-corrected chi connectivity index (χ1v) is 8.50. The number of nitrogens with zero attached hydrogens (tertiary/aromatic N) is 3. The Kier molecular flexibility index (Phi) is 3.94. The van der Waals surface area contributed by atoms with Crippen LogP contribution in [0.3, 0.4) is 0 Å². The fourth-order valence-electron chi connectivity index (χ4n) is 3.04. The van der Waals surface area contributed by atoms with Crippen LogP contribution in [0.1, 0.15) is 36.9 Å². The highest BCUT2D eigenvalue weighted by atomic mass is 16.5. The lowest BCUT2D eigenvalue weighted by atomic mass is 10.1. The van der Waals surface area contributed by atoms with E-state index in [0.29, 0.717) is 18.3 Å². The smallest absolute Gasteiger partial charge is 0.240 e. The summed E-state index contributed by atoms with van der Waals surface area (Å²) < 4.78 is 11.4. The van der Waals surface area contributed by atoms with E-state index in [1.807, 2.05) is 32.0 Å². The van der Waals surface area contributed by atoms with Crippen molar-refractivity contribution in [1.82, 2.24) is 15.0 Å². The zero-order chi connectivity index (χ0) is 17.4. The zero-order valence-electron chi connectivity index (χ0n) is 14.5. The quantitative estimate of drug-likeness (QED) is 0.787. The van der Waals surface area contributed by atoms with Crippen LogP contribution in [-0.2, 0) is 25.0 Å². The molecular weight excluding hydrogens is 316 g/mol. The second-order valence-corrected chi connectivity index (χ2v) is 7.12. The number of nitrogens with two attached hydrogens (primary N) is 1. The summed E-state index contributed by atoms with van der Waals surface area (Å²) in [5, 5.41) is 3.98. The molecule has 4 rings (SSSR count). The van der Waals surface area contributed by atoms with Crippen LogP contribution < -0.4 is 5.73 Å². The molecular formula is C19H22N4O2. The lowest BCUT2D eigenvalue weighted by Gasteiger charge is -2.24. The molecule has 0 saturated carbocycles. The third-order valence-electron chi connectivity index (χ3n) is 4.41. The SMILES string of the molecule is CC(C)(N)c1noc(CN2CCc3oc(-c4ccccc4)cc3C2)n1. The van der Waals surface area contributed by atoms with E-state index in [2.05, 4.69) is 33.2 Å². The molecule has 25 heavy (non-hydrogen) atoms. The van der Waals surface area contributed by atoms with Gasteiger partial charge in [0, 0.05) is 30.6 Å². The molecule has 0 fully saturated rings. The lowest BCUT2D eigenvalue weighted by Crippen LogP contribution is -2.31. The molecule has 130 valence electrons. The first-order valence-electron chi connectivity index (χ1n) is 8.50. The molecule has 0 saturated heterocycles. The van der Waals surface area contributed by atoms with E-state index in [9.17, 15) is 0 Å². The van der Waals surface area contributed by atoms with Crippen LogP contribution in [-0.4, -0.2) is 21.6 Å². The molecule has 3 aromatic rings. The minimum atomic E-state index is -0.591. The zero-order valence-corrected chi connectivity index (χ0v) is 14.5. The van der Waals surface area contributed by atoms with Crippen molar-refractivity contribution in [3.8, 4) is 11.3 Å². The van der Waals surface area contributed by atoms with Crippen molar-refractivity contribution in [2.24, 2.45) is 5.73 Å². The number of hydrogen-bond acceptors (Lipinski definition) is 6. The van der Waals surface area contributed by atoms with Crippen molar-refractivity contribution in [3.63, 3.8) is 0 Å². The van der Waals surface area contributed by atoms with E-state index in [4.69, 9.17) is 14.7 Å². The molecule has 0 aliphatic carbocycles. The molecule has 6 heteroatoms. The van der Waals surface area contributed by atoms with Crippen LogP contribution in [0.2, 0.25) is 0 Å². The number of fused-ring (bicyclic) bond motifs is 1. The molecule has 1 aromatic carbocycles. The van der Waals surface area contributed by atoms with Crippen molar-refractivity contribution in [2.75, 3.05) is 6.54 Å². The Balaban J connectivity index is 1.48. The van der Waals surface area contributed by atoms with Gasteiger partial charge in [0.15, 0.2) is 5.82 Å². The van der Waals surface area contributed by atoms with E-state index in [1.54, 1.807) is 0 Å². The highest BCUT2D eigenvalue weighted by molar-refractivity contribution is 5.58. The maximum atomic E-state index is 6.04. The van der Waals surface area contributed by atoms with Gasteiger partial charge >= 0.3 is 0 Å². The van der Waals surface area contributed by atoms with Crippen LogP contribution in [0.5, 0.6) is 0 Å². The van der Waals surface area contributed by atoms with Gasteiger partial charge in [0.1, 0.15) is 11.5 Å². The topological polar surface area (TPSA) is 81.3 Å². The van der Waals surface area contributed by atoms with E-state index < -0.39 is 5.54 Å². The highest BCUT2D eigenvalue weighted by Crippen LogP contribution is 2.29. The number of rotatable bonds is 4. The summed E-state index contributed by atoms with van der Waals surface area (Å²) in [6.45, 7) is 6.07. The Hall–Kier alpha value is -2.44. The van der Waals surface area contributed by atoms with Crippen LogP contribution in [0.4, 0.5) is 0 Å². The van der Waals surface area contributed by atoms with Crippen molar-refractivity contribution < 1.29 is 8.94 Å². The van der Waals surface area contributed by atoms with E-state index >= 15 is 0 Å². The molecule has 3 heterocycles. The molecule has 1 aliphatic rings. The fourth-order valence-corrected chi connectivity index (χ4v) is 3.04. The maximum Gasteiger partial charge on any atom is 0.240 e. The highest BCUT2D eigenvalue weighted by Gasteiger charge is 2.25. The van der Waals surface area contributed by atoms with Crippen molar-refractivity contribution in [1.29, 1.82) is 0 Å². The standard InChI is InChI=1S/C19H22N4O2/c1-19(2,20)18-21-17(25-22-18)12-23-9-8-15-14(11-23)10-16(24-15)13-6-4-3-5-7-13/h3-7,10H,8-9,11-12,20H2,1-2H3. The van der Waals surface area contributed by atoms with Crippen LogP contribution in [0.25, 0.3) is 11.3 Å². The third kappa shape index (κ3) is 3.36. The van der Waals surface area contributed by atoms with Gasteiger partial charge in [0.05, 0.1) is 12.1 Å².